The zero-order chi connectivity index (χ0) is 8.43. The lowest BCUT2D eigenvalue weighted by molar-refractivity contribution is -0.145. The third-order valence-corrected chi connectivity index (χ3v) is 2.62. The van der Waals surface area contributed by atoms with Crippen LogP contribution < -0.4 is 0 Å². The second-order valence-electron chi connectivity index (χ2n) is 3.31. The number of hydrogen-bond donors (Lipinski definition) is 1. The zero-order valence-corrected chi connectivity index (χ0v) is 7.08. The molecule has 0 aliphatic carbocycles. The highest BCUT2D eigenvalue weighted by Gasteiger charge is 2.30. The molecule has 0 aromatic carbocycles. The largest absolute Gasteiger partial charge is 0.481 e. The minimum atomic E-state index is -0.649. The van der Waals surface area contributed by atoms with Crippen molar-refractivity contribution in [2.24, 2.45) is 5.92 Å². The Morgan fingerprint density at radius 2 is 2.27 bits per heavy atom. The maximum Gasteiger partial charge on any atom is 0.308 e. The summed E-state index contributed by atoms with van der Waals surface area (Å²) >= 11 is 0. The van der Waals surface area contributed by atoms with Crippen LogP contribution in [0.5, 0.6) is 0 Å². The van der Waals surface area contributed by atoms with Gasteiger partial charge in [-0.05, 0) is 33.4 Å². The van der Waals surface area contributed by atoms with E-state index in [1.165, 1.54) is 0 Å². The monoisotopic (exact) mass is 157 g/mol. The number of aliphatic carboxylic acids is 1. The van der Waals surface area contributed by atoms with Gasteiger partial charge in [-0.25, -0.2) is 0 Å². The van der Waals surface area contributed by atoms with E-state index < -0.39 is 5.97 Å². The molecule has 1 heterocycles. The molecule has 0 spiro atoms. The number of carbonyl (C=O) groups is 1. The third-order valence-electron chi connectivity index (χ3n) is 2.62. The first kappa shape index (κ1) is 8.53. The van der Waals surface area contributed by atoms with Crippen molar-refractivity contribution < 1.29 is 9.90 Å². The van der Waals surface area contributed by atoms with Crippen LogP contribution in [0.4, 0.5) is 0 Å². The lowest BCUT2D eigenvalue weighted by Crippen LogP contribution is -2.43. The molecule has 1 fully saturated rings. The van der Waals surface area contributed by atoms with E-state index in [2.05, 4.69) is 4.90 Å². The van der Waals surface area contributed by atoms with Crippen LogP contribution in [0.2, 0.25) is 0 Å². The van der Waals surface area contributed by atoms with Gasteiger partial charge in [0.2, 0.25) is 0 Å². The minimum absolute atomic E-state index is 0.159. The molecule has 3 nitrogen and oxygen atoms in total. The molecule has 0 amide bonds. The summed E-state index contributed by atoms with van der Waals surface area (Å²) in [6.45, 7) is 3.02. The van der Waals surface area contributed by atoms with Gasteiger partial charge in [0.25, 0.3) is 0 Å². The summed E-state index contributed by atoms with van der Waals surface area (Å²) < 4.78 is 0. The van der Waals surface area contributed by atoms with Gasteiger partial charge in [-0.15, -0.1) is 0 Å². The van der Waals surface area contributed by atoms with Gasteiger partial charge in [-0.2, -0.15) is 0 Å². The minimum Gasteiger partial charge on any atom is -0.481 e. The topological polar surface area (TPSA) is 40.5 Å². The highest BCUT2D eigenvalue weighted by atomic mass is 16.4. The molecule has 1 aliphatic heterocycles. The van der Waals surface area contributed by atoms with E-state index in [9.17, 15) is 4.79 Å². The lowest BCUT2D eigenvalue weighted by Gasteiger charge is -2.34. The summed E-state index contributed by atoms with van der Waals surface area (Å²) in [5, 5.41) is 8.80. The van der Waals surface area contributed by atoms with Crippen molar-refractivity contribution in [3.05, 3.63) is 0 Å². The summed E-state index contributed by atoms with van der Waals surface area (Å²) in [5.41, 5.74) is 0. The number of nitrogens with zero attached hydrogens (tertiary/aromatic N) is 1. The van der Waals surface area contributed by atoms with E-state index in [1.807, 2.05) is 14.0 Å². The van der Waals surface area contributed by atoms with Gasteiger partial charge >= 0.3 is 5.97 Å². The predicted molar refractivity (Wildman–Crippen MR) is 42.5 cm³/mol. The number of likely N-dealkylation sites (tertiary alicyclic amines) is 1. The summed E-state index contributed by atoms with van der Waals surface area (Å²) in [4.78, 5) is 12.8. The van der Waals surface area contributed by atoms with Crippen LogP contribution in [0.3, 0.4) is 0 Å². The van der Waals surface area contributed by atoms with Crippen LogP contribution in [0.1, 0.15) is 19.8 Å². The molecule has 2 atom stereocenters. The van der Waals surface area contributed by atoms with Gasteiger partial charge in [0.05, 0.1) is 5.92 Å². The number of carboxylic acid groups (broad SMARTS) is 1. The molecule has 0 bridgehead atoms. The van der Waals surface area contributed by atoms with Gasteiger partial charge in [0.1, 0.15) is 0 Å². The first-order valence-electron chi connectivity index (χ1n) is 4.06. The number of hydrogen-bond acceptors (Lipinski definition) is 2. The smallest absolute Gasteiger partial charge is 0.308 e. The third kappa shape index (κ3) is 1.71. The van der Waals surface area contributed by atoms with Crippen molar-refractivity contribution in [2.75, 3.05) is 13.6 Å². The molecule has 11 heavy (non-hydrogen) atoms. The quantitative estimate of drug-likeness (QED) is 0.612. The standard InChI is InChI=1S/C8H15NO2/c1-6-7(8(10)11)4-3-5-9(6)2/h6-7H,3-5H2,1-2H3,(H,10,11). The molecule has 0 radical (unpaired) electrons. The Balaban J connectivity index is 2.58. The van der Waals surface area contributed by atoms with Gasteiger partial charge < -0.3 is 10.0 Å². The van der Waals surface area contributed by atoms with Crippen LogP contribution in [-0.2, 0) is 4.79 Å². The number of rotatable bonds is 1. The van der Waals surface area contributed by atoms with Crippen molar-refractivity contribution >= 4 is 5.97 Å². The molecule has 1 aliphatic rings. The lowest BCUT2D eigenvalue weighted by atomic mass is 9.91. The molecule has 64 valence electrons. The highest BCUT2D eigenvalue weighted by Crippen LogP contribution is 2.21. The van der Waals surface area contributed by atoms with E-state index in [-0.39, 0.29) is 12.0 Å². The Hall–Kier alpha value is -0.570. The van der Waals surface area contributed by atoms with Crippen molar-refractivity contribution in [3.8, 4) is 0 Å². The summed E-state index contributed by atoms with van der Waals surface area (Å²) in [6.07, 6.45) is 1.85. The summed E-state index contributed by atoms with van der Waals surface area (Å²) in [6, 6.07) is 0.196. The van der Waals surface area contributed by atoms with Crippen molar-refractivity contribution in [2.45, 2.75) is 25.8 Å². The first-order valence-corrected chi connectivity index (χ1v) is 4.06. The number of carboxylic acids is 1. The zero-order valence-electron chi connectivity index (χ0n) is 7.08. The van der Waals surface area contributed by atoms with Crippen molar-refractivity contribution in [1.29, 1.82) is 0 Å². The van der Waals surface area contributed by atoms with Crippen LogP contribution in [0, 0.1) is 5.92 Å². The molecule has 1 saturated heterocycles. The Morgan fingerprint density at radius 3 is 2.73 bits per heavy atom. The van der Waals surface area contributed by atoms with E-state index in [1.54, 1.807) is 0 Å². The summed E-state index contributed by atoms with van der Waals surface area (Å²) in [7, 11) is 1.99. The molecule has 0 aromatic rings. The Morgan fingerprint density at radius 1 is 1.64 bits per heavy atom. The second-order valence-corrected chi connectivity index (χ2v) is 3.31. The van der Waals surface area contributed by atoms with E-state index in [0.717, 1.165) is 19.4 Å². The van der Waals surface area contributed by atoms with Crippen LogP contribution in [0.15, 0.2) is 0 Å². The molecule has 0 saturated carbocycles. The van der Waals surface area contributed by atoms with Crippen LogP contribution in [-0.4, -0.2) is 35.6 Å². The van der Waals surface area contributed by atoms with Crippen molar-refractivity contribution in [3.63, 3.8) is 0 Å². The maximum absolute atomic E-state index is 10.7. The average Bonchev–Trinajstić information content (AvgIpc) is 1.94. The average molecular weight is 157 g/mol. The normalized spacial score (nSPS) is 33.6. The molecule has 0 aromatic heterocycles. The van der Waals surface area contributed by atoms with Gasteiger partial charge in [-0.1, -0.05) is 0 Å². The molecule has 1 rings (SSSR count). The van der Waals surface area contributed by atoms with Crippen LogP contribution in [0.25, 0.3) is 0 Å². The first-order chi connectivity index (χ1) is 5.13. The summed E-state index contributed by atoms with van der Waals surface area (Å²) in [5.74, 6) is -0.808. The molecule has 2 unspecified atom stereocenters. The second kappa shape index (κ2) is 3.22. The van der Waals surface area contributed by atoms with Crippen molar-refractivity contribution in [1.82, 2.24) is 4.90 Å². The molecule has 3 heteroatoms. The van der Waals surface area contributed by atoms with Gasteiger partial charge in [0, 0.05) is 6.04 Å². The van der Waals surface area contributed by atoms with E-state index >= 15 is 0 Å². The van der Waals surface area contributed by atoms with E-state index in [4.69, 9.17) is 5.11 Å². The van der Waals surface area contributed by atoms with Gasteiger partial charge in [0.15, 0.2) is 0 Å². The maximum atomic E-state index is 10.7. The Kier molecular flexibility index (Phi) is 2.49. The Labute approximate surface area is 67.0 Å². The highest BCUT2D eigenvalue weighted by molar-refractivity contribution is 5.70. The van der Waals surface area contributed by atoms with Gasteiger partial charge in [-0.3, -0.25) is 4.79 Å². The fourth-order valence-electron chi connectivity index (χ4n) is 1.64. The molecule has 1 N–H and O–H groups in total. The fourth-order valence-corrected chi connectivity index (χ4v) is 1.64. The number of piperidine rings is 1. The van der Waals surface area contributed by atoms with E-state index in [0.29, 0.717) is 0 Å². The fraction of sp³-hybridized carbons (Fsp3) is 0.875. The molecular formula is C8H15NO2. The SMILES string of the molecule is CC1C(C(=O)O)CCCN1C. The van der Waals surface area contributed by atoms with Crippen LogP contribution >= 0.6 is 0 Å². The Bertz CT molecular complexity index is 158. The predicted octanol–water partition coefficient (Wildman–Crippen LogP) is 0.801. The molecular weight excluding hydrogens is 142 g/mol.